The van der Waals surface area contributed by atoms with Crippen LogP contribution in [-0.2, 0) is 4.74 Å². The van der Waals surface area contributed by atoms with Gasteiger partial charge in [-0.3, -0.25) is 9.69 Å². The van der Waals surface area contributed by atoms with Gasteiger partial charge in [0.2, 0.25) is 0 Å². The van der Waals surface area contributed by atoms with Gasteiger partial charge in [0, 0.05) is 32.7 Å². The molecule has 0 radical (unpaired) electrons. The lowest BCUT2D eigenvalue weighted by Crippen LogP contribution is -2.46. The third-order valence-electron chi connectivity index (χ3n) is 3.35. The molecule has 0 saturated carbocycles. The summed E-state index contributed by atoms with van der Waals surface area (Å²) in [4.78, 5) is 18.3. The minimum atomic E-state index is -0.528. The van der Waals surface area contributed by atoms with Gasteiger partial charge >= 0.3 is 0 Å². The second kappa shape index (κ2) is 7.33. The van der Waals surface area contributed by atoms with Gasteiger partial charge in [-0.25, -0.2) is 9.37 Å². The van der Waals surface area contributed by atoms with E-state index in [1.54, 1.807) is 7.05 Å². The van der Waals surface area contributed by atoms with E-state index in [9.17, 15) is 9.18 Å². The summed E-state index contributed by atoms with van der Waals surface area (Å²) in [6.07, 6.45) is 1.08. The first-order valence-corrected chi connectivity index (χ1v) is 7.04. The van der Waals surface area contributed by atoms with Gasteiger partial charge in [0.05, 0.1) is 25.0 Å². The van der Waals surface area contributed by atoms with Crippen molar-refractivity contribution in [2.45, 2.75) is 13.0 Å². The summed E-state index contributed by atoms with van der Waals surface area (Å²) in [7, 11) is 1.65. The first-order valence-electron chi connectivity index (χ1n) is 7.04. The molecule has 1 fully saturated rings. The van der Waals surface area contributed by atoms with E-state index in [4.69, 9.17) is 4.74 Å². The molecule has 116 valence electrons. The van der Waals surface area contributed by atoms with E-state index in [-0.39, 0.29) is 17.5 Å². The number of amides is 1. The van der Waals surface area contributed by atoms with Crippen LogP contribution in [0.5, 0.6) is 0 Å². The normalized spacial score (nSPS) is 17.3. The van der Waals surface area contributed by atoms with Gasteiger partial charge in [-0.2, -0.15) is 0 Å². The van der Waals surface area contributed by atoms with Gasteiger partial charge in [-0.15, -0.1) is 0 Å². The average Bonchev–Trinajstić information content (AvgIpc) is 2.48. The minimum absolute atomic E-state index is 0.0384. The molecule has 0 spiro atoms. The molecule has 1 unspecified atom stereocenters. The van der Waals surface area contributed by atoms with Crippen LogP contribution in [0.25, 0.3) is 0 Å². The minimum Gasteiger partial charge on any atom is -0.379 e. The Labute approximate surface area is 123 Å². The third kappa shape index (κ3) is 4.37. The molecule has 21 heavy (non-hydrogen) atoms. The molecule has 1 saturated heterocycles. The van der Waals surface area contributed by atoms with Gasteiger partial charge in [0.15, 0.2) is 0 Å². The Morgan fingerprint density at radius 2 is 2.24 bits per heavy atom. The predicted molar refractivity (Wildman–Crippen MR) is 77.9 cm³/mol. The van der Waals surface area contributed by atoms with E-state index in [0.29, 0.717) is 5.82 Å². The van der Waals surface area contributed by atoms with E-state index in [1.165, 1.54) is 6.07 Å². The Morgan fingerprint density at radius 1 is 1.52 bits per heavy atom. The molecule has 1 aromatic heterocycles. The molecule has 0 aliphatic carbocycles. The molecular weight excluding hydrogens is 275 g/mol. The van der Waals surface area contributed by atoms with Gasteiger partial charge in [0.25, 0.3) is 5.91 Å². The van der Waals surface area contributed by atoms with Gasteiger partial charge in [-0.1, -0.05) is 0 Å². The largest absolute Gasteiger partial charge is 0.379 e. The van der Waals surface area contributed by atoms with Crippen LogP contribution in [0.3, 0.4) is 0 Å². The zero-order valence-electron chi connectivity index (χ0n) is 12.4. The van der Waals surface area contributed by atoms with E-state index in [2.05, 4.69) is 20.5 Å². The lowest BCUT2D eigenvalue weighted by Gasteiger charge is -2.29. The number of pyridine rings is 1. The Balaban J connectivity index is 1.95. The number of nitrogens with zero attached hydrogens (tertiary/aromatic N) is 2. The quantitative estimate of drug-likeness (QED) is 0.838. The molecule has 1 atom stereocenters. The number of halogens is 1. The first-order chi connectivity index (χ1) is 10.1. The number of carbonyl (C=O) groups excluding carboxylic acids is 1. The fourth-order valence-corrected chi connectivity index (χ4v) is 2.33. The lowest BCUT2D eigenvalue weighted by molar-refractivity contribution is 0.0342. The van der Waals surface area contributed by atoms with E-state index in [1.807, 2.05) is 6.92 Å². The van der Waals surface area contributed by atoms with Gasteiger partial charge in [-0.05, 0) is 13.0 Å². The SMILES string of the molecule is CNc1ncc(F)cc1C(=O)NC(C)CN1CCOCC1. The summed E-state index contributed by atoms with van der Waals surface area (Å²) in [5.41, 5.74) is 0.214. The number of anilines is 1. The summed E-state index contributed by atoms with van der Waals surface area (Å²) in [6.45, 7) is 5.84. The van der Waals surface area contributed by atoms with Crippen LogP contribution in [0.1, 0.15) is 17.3 Å². The Hall–Kier alpha value is -1.73. The van der Waals surface area contributed by atoms with Crippen molar-refractivity contribution in [3.8, 4) is 0 Å². The van der Waals surface area contributed by atoms with Crippen LogP contribution in [0.2, 0.25) is 0 Å². The average molecular weight is 296 g/mol. The first kappa shape index (κ1) is 15.7. The highest BCUT2D eigenvalue weighted by atomic mass is 19.1. The number of hydrogen-bond acceptors (Lipinski definition) is 5. The van der Waals surface area contributed by atoms with Crippen molar-refractivity contribution in [3.63, 3.8) is 0 Å². The maximum atomic E-state index is 13.3. The molecule has 2 heterocycles. The molecule has 2 N–H and O–H groups in total. The molecule has 1 aliphatic rings. The summed E-state index contributed by atoms with van der Waals surface area (Å²) in [5.74, 6) is -0.487. The van der Waals surface area contributed by atoms with Crippen LogP contribution < -0.4 is 10.6 Å². The standard InChI is InChI=1S/C14H21FN4O2/c1-10(9-19-3-5-21-6-4-19)18-14(20)12-7-11(15)8-17-13(12)16-2/h7-8,10H,3-6,9H2,1-2H3,(H,16,17)(H,18,20). The number of rotatable bonds is 5. The summed E-state index contributed by atoms with van der Waals surface area (Å²) < 4.78 is 18.5. The van der Waals surface area contributed by atoms with Crippen molar-refractivity contribution in [1.29, 1.82) is 0 Å². The van der Waals surface area contributed by atoms with E-state index in [0.717, 1.165) is 39.0 Å². The van der Waals surface area contributed by atoms with Crippen LogP contribution in [-0.4, -0.2) is 61.7 Å². The zero-order chi connectivity index (χ0) is 15.2. The molecule has 0 aromatic carbocycles. The maximum absolute atomic E-state index is 13.3. The zero-order valence-corrected chi connectivity index (χ0v) is 12.4. The number of nitrogens with one attached hydrogen (secondary N) is 2. The number of carbonyl (C=O) groups is 1. The number of morpholine rings is 1. The topological polar surface area (TPSA) is 66.5 Å². The van der Waals surface area contributed by atoms with Crippen molar-refractivity contribution in [2.75, 3.05) is 45.2 Å². The van der Waals surface area contributed by atoms with Crippen molar-refractivity contribution in [3.05, 3.63) is 23.6 Å². The van der Waals surface area contributed by atoms with Crippen molar-refractivity contribution < 1.29 is 13.9 Å². The highest BCUT2D eigenvalue weighted by Gasteiger charge is 2.18. The Morgan fingerprint density at radius 3 is 2.90 bits per heavy atom. The Kier molecular flexibility index (Phi) is 5.46. The molecule has 2 rings (SSSR count). The lowest BCUT2D eigenvalue weighted by atomic mass is 10.2. The number of hydrogen-bond donors (Lipinski definition) is 2. The second-order valence-corrected chi connectivity index (χ2v) is 5.09. The van der Waals surface area contributed by atoms with Gasteiger partial charge < -0.3 is 15.4 Å². The molecule has 1 amide bonds. The second-order valence-electron chi connectivity index (χ2n) is 5.09. The van der Waals surface area contributed by atoms with Crippen molar-refractivity contribution in [1.82, 2.24) is 15.2 Å². The van der Waals surface area contributed by atoms with E-state index < -0.39 is 5.82 Å². The third-order valence-corrected chi connectivity index (χ3v) is 3.35. The number of ether oxygens (including phenoxy) is 1. The van der Waals surface area contributed by atoms with Crippen molar-refractivity contribution in [2.24, 2.45) is 0 Å². The van der Waals surface area contributed by atoms with Crippen molar-refractivity contribution >= 4 is 11.7 Å². The molecule has 6 nitrogen and oxygen atoms in total. The molecule has 0 bridgehead atoms. The van der Waals surface area contributed by atoms with Crippen LogP contribution >= 0.6 is 0 Å². The highest BCUT2D eigenvalue weighted by molar-refractivity contribution is 5.98. The molecular formula is C14H21FN4O2. The highest BCUT2D eigenvalue weighted by Crippen LogP contribution is 2.13. The van der Waals surface area contributed by atoms with Crippen LogP contribution in [0.4, 0.5) is 10.2 Å². The predicted octanol–water partition coefficient (Wildman–Crippen LogP) is 0.713. The summed E-state index contributed by atoms with van der Waals surface area (Å²) in [6, 6.07) is 1.15. The molecule has 7 heteroatoms. The smallest absolute Gasteiger partial charge is 0.255 e. The van der Waals surface area contributed by atoms with E-state index >= 15 is 0 Å². The Bertz CT molecular complexity index is 492. The molecule has 1 aliphatic heterocycles. The fraction of sp³-hybridized carbons (Fsp3) is 0.571. The van der Waals surface area contributed by atoms with Gasteiger partial charge in [0.1, 0.15) is 11.6 Å². The monoisotopic (exact) mass is 296 g/mol. The number of aromatic nitrogens is 1. The molecule has 1 aromatic rings. The maximum Gasteiger partial charge on any atom is 0.255 e. The van der Waals surface area contributed by atoms with Crippen LogP contribution in [0, 0.1) is 5.82 Å². The summed E-state index contributed by atoms with van der Waals surface area (Å²) in [5, 5.41) is 5.67. The summed E-state index contributed by atoms with van der Waals surface area (Å²) >= 11 is 0. The van der Waals surface area contributed by atoms with Crippen LogP contribution in [0.15, 0.2) is 12.3 Å². The fourth-order valence-electron chi connectivity index (χ4n) is 2.33.